The van der Waals surface area contributed by atoms with Gasteiger partial charge in [-0.25, -0.2) is 8.78 Å². The Balaban J connectivity index is 2.81. The molecule has 5 heteroatoms. The summed E-state index contributed by atoms with van der Waals surface area (Å²) in [5.41, 5.74) is 0. The van der Waals surface area contributed by atoms with Crippen molar-refractivity contribution < 1.29 is 23.8 Å². The predicted octanol–water partition coefficient (Wildman–Crippen LogP) is -0.684. The molecule has 0 heterocycles. The summed E-state index contributed by atoms with van der Waals surface area (Å²) in [6, 6.07) is 0. The molecular formula is C5H6F2O3. The first-order valence-electron chi connectivity index (χ1n) is 2.73. The second-order valence-corrected chi connectivity index (χ2v) is 2.29. The van der Waals surface area contributed by atoms with E-state index in [1.165, 1.54) is 0 Å². The summed E-state index contributed by atoms with van der Waals surface area (Å²) < 4.78 is 24.4. The van der Waals surface area contributed by atoms with Crippen LogP contribution >= 0.6 is 0 Å². The summed E-state index contributed by atoms with van der Waals surface area (Å²) in [5, 5.41) is 17.0. The Hall–Kier alpha value is -0.550. The zero-order chi connectivity index (χ0) is 7.94. The standard InChI is InChI=1S/C5H6F2O3/c6-5(7)1-2(8)3(9)4(5)10/h2,4,8,10H,1H2. The van der Waals surface area contributed by atoms with Gasteiger partial charge in [-0.1, -0.05) is 0 Å². The third-order valence-electron chi connectivity index (χ3n) is 1.46. The van der Waals surface area contributed by atoms with Crippen molar-refractivity contribution in [2.45, 2.75) is 24.6 Å². The number of carbonyl (C=O) groups is 1. The van der Waals surface area contributed by atoms with Crippen molar-refractivity contribution in [2.24, 2.45) is 0 Å². The second kappa shape index (κ2) is 1.96. The van der Waals surface area contributed by atoms with E-state index >= 15 is 0 Å². The minimum Gasteiger partial charge on any atom is -0.385 e. The molecule has 2 N–H and O–H groups in total. The fraction of sp³-hybridized carbons (Fsp3) is 0.800. The van der Waals surface area contributed by atoms with Crippen LogP contribution < -0.4 is 0 Å². The van der Waals surface area contributed by atoms with Crippen molar-refractivity contribution in [3.8, 4) is 0 Å². The Kier molecular flexibility index (Phi) is 1.48. The first kappa shape index (κ1) is 7.56. The first-order valence-corrected chi connectivity index (χ1v) is 2.73. The van der Waals surface area contributed by atoms with Crippen molar-refractivity contribution in [3.63, 3.8) is 0 Å². The third kappa shape index (κ3) is 0.911. The molecule has 0 aromatic rings. The lowest BCUT2D eigenvalue weighted by Crippen LogP contribution is -2.32. The normalized spacial score (nSPS) is 38.6. The van der Waals surface area contributed by atoms with Crippen LogP contribution in [0.5, 0.6) is 0 Å². The van der Waals surface area contributed by atoms with Crippen molar-refractivity contribution in [1.82, 2.24) is 0 Å². The van der Waals surface area contributed by atoms with Crippen LogP contribution in [0.4, 0.5) is 8.78 Å². The molecule has 0 aliphatic heterocycles. The van der Waals surface area contributed by atoms with E-state index in [2.05, 4.69) is 0 Å². The Bertz CT molecular complexity index is 168. The zero-order valence-corrected chi connectivity index (χ0v) is 4.92. The van der Waals surface area contributed by atoms with E-state index in [9.17, 15) is 13.6 Å². The molecule has 1 rings (SSSR count). The number of carbonyl (C=O) groups excluding carboxylic acids is 1. The molecule has 0 spiro atoms. The van der Waals surface area contributed by atoms with Gasteiger partial charge in [0.25, 0.3) is 5.92 Å². The van der Waals surface area contributed by atoms with E-state index in [4.69, 9.17) is 10.2 Å². The number of halogens is 2. The van der Waals surface area contributed by atoms with Gasteiger partial charge < -0.3 is 10.2 Å². The molecule has 1 aliphatic carbocycles. The highest BCUT2D eigenvalue weighted by molar-refractivity contribution is 5.90. The van der Waals surface area contributed by atoms with Crippen LogP contribution in [0.3, 0.4) is 0 Å². The van der Waals surface area contributed by atoms with Gasteiger partial charge in [-0.3, -0.25) is 4.79 Å². The molecule has 1 aliphatic rings. The maximum absolute atomic E-state index is 12.2. The van der Waals surface area contributed by atoms with Crippen molar-refractivity contribution in [1.29, 1.82) is 0 Å². The zero-order valence-electron chi connectivity index (χ0n) is 4.92. The number of hydrogen-bond acceptors (Lipinski definition) is 3. The molecule has 2 atom stereocenters. The Labute approximate surface area is 55.3 Å². The maximum Gasteiger partial charge on any atom is 0.283 e. The Morgan fingerprint density at radius 2 is 2.00 bits per heavy atom. The molecule has 2 unspecified atom stereocenters. The maximum atomic E-state index is 12.2. The number of aliphatic hydroxyl groups is 2. The summed E-state index contributed by atoms with van der Waals surface area (Å²) >= 11 is 0. The van der Waals surface area contributed by atoms with Crippen LogP contribution in [-0.4, -0.2) is 34.1 Å². The van der Waals surface area contributed by atoms with Gasteiger partial charge in [-0.15, -0.1) is 0 Å². The molecule has 3 nitrogen and oxygen atoms in total. The van der Waals surface area contributed by atoms with Gasteiger partial charge in [-0.2, -0.15) is 0 Å². The largest absolute Gasteiger partial charge is 0.385 e. The summed E-state index contributed by atoms with van der Waals surface area (Å²) in [4.78, 5) is 10.3. The Morgan fingerprint density at radius 1 is 1.50 bits per heavy atom. The molecule has 0 bridgehead atoms. The predicted molar refractivity (Wildman–Crippen MR) is 26.6 cm³/mol. The topological polar surface area (TPSA) is 57.5 Å². The first-order chi connectivity index (χ1) is 4.45. The minimum atomic E-state index is -3.45. The van der Waals surface area contributed by atoms with E-state index in [-0.39, 0.29) is 0 Å². The van der Waals surface area contributed by atoms with Gasteiger partial charge in [0, 0.05) is 6.42 Å². The number of hydrogen-bond donors (Lipinski definition) is 2. The van der Waals surface area contributed by atoms with Gasteiger partial charge >= 0.3 is 0 Å². The second-order valence-electron chi connectivity index (χ2n) is 2.29. The van der Waals surface area contributed by atoms with Crippen molar-refractivity contribution in [2.75, 3.05) is 0 Å². The van der Waals surface area contributed by atoms with Gasteiger partial charge in [0.05, 0.1) is 0 Å². The molecule has 0 radical (unpaired) electrons. The molecule has 0 aromatic heterocycles. The monoisotopic (exact) mass is 152 g/mol. The van der Waals surface area contributed by atoms with Crippen LogP contribution in [0.25, 0.3) is 0 Å². The fourth-order valence-corrected chi connectivity index (χ4v) is 0.860. The van der Waals surface area contributed by atoms with Crippen LogP contribution in [-0.2, 0) is 4.79 Å². The SMILES string of the molecule is O=C1C(O)CC(F)(F)C1O. The number of aliphatic hydroxyl groups excluding tert-OH is 2. The number of alkyl halides is 2. The van der Waals surface area contributed by atoms with E-state index < -0.39 is 30.3 Å². The lowest BCUT2D eigenvalue weighted by Gasteiger charge is -2.09. The summed E-state index contributed by atoms with van der Waals surface area (Å²) in [6.07, 6.45) is -4.99. The lowest BCUT2D eigenvalue weighted by atomic mass is 10.2. The molecule has 10 heavy (non-hydrogen) atoms. The van der Waals surface area contributed by atoms with Gasteiger partial charge in [-0.05, 0) is 0 Å². The lowest BCUT2D eigenvalue weighted by molar-refractivity contribution is -0.139. The van der Waals surface area contributed by atoms with Crippen LogP contribution in [0.1, 0.15) is 6.42 Å². The van der Waals surface area contributed by atoms with E-state index in [0.29, 0.717) is 0 Å². The van der Waals surface area contributed by atoms with Crippen molar-refractivity contribution in [3.05, 3.63) is 0 Å². The highest BCUT2D eigenvalue weighted by atomic mass is 19.3. The number of ketones is 1. The molecule has 0 amide bonds. The van der Waals surface area contributed by atoms with Crippen LogP contribution in [0, 0.1) is 0 Å². The van der Waals surface area contributed by atoms with Crippen molar-refractivity contribution >= 4 is 5.78 Å². The van der Waals surface area contributed by atoms with E-state index in [1.807, 2.05) is 0 Å². The molecule has 0 aromatic carbocycles. The summed E-state index contributed by atoms with van der Waals surface area (Å²) in [5.74, 6) is -4.64. The minimum absolute atomic E-state index is 0.965. The molecule has 58 valence electrons. The molecular weight excluding hydrogens is 146 g/mol. The molecule has 1 fully saturated rings. The molecule has 0 saturated heterocycles. The quantitative estimate of drug-likeness (QED) is 0.483. The average molecular weight is 152 g/mol. The van der Waals surface area contributed by atoms with Crippen LogP contribution in [0.2, 0.25) is 0 Å². The van der Waals surface area contributed by atoms with E-state index in [1.54, 1.807) is 0 Å². The van der Waals surface area contributed by atoms with Gasteiger partial charge in [0.2, 0.25) is 0 Å². The van der Waals surface area contributed by atoms with Crippen LogP contribution in [0.15, 0.2) is 0 Å². The average Bonchev–Trinajstić information content (AvgIpc) is 1.95. The highest BCUT2D eigenvalue weighted by Gasteiger charge is 2.53. The van der Waals surface area contributed by atoms with E-state index in [0.717, 1.165) is 0 Å². The molecule has 1 saturated carbocycles. The fourth-order valence-electron chi connectivity index (χ4n) is 0.860. The number of Topliss-reactive ketones (excluding diaryl/α,β-unsaturated/α-hetero) is 1. The van der Waals surface area contributed by atoms with Gasteiger partial charge in [0.15, 0.2) is 11.9 Å². The highest BCUT2D eigenvalue weighted by Crippen LogP contribution is 2.32. The smallest absolute Gasteiger partial charge is 0.283 e. The van der Waals surface area contributed by atoms with Gasteiger partial charge in [0.1, 0.15) is 6.10 Å². The summed E-state index contributed by atoms with van der Waals surface area (Å²) in [7, 11) is 0. The summed E-state index contributed by atoms with van der Waals surface area (Å²) in [6.45, 7) is 0. The third-order valence-corrected chi connectivity index (χ3v) is 1.46. The Morgan fingerprint density at radius 3 is 2.10 bits per heavy atom. The number of rotatable bonds is 0.